The highest BCUT2D eigenvalue weighted by Gasteiger charge is 2.27. The molecule has 1 aromatic carbocycles. The minimum absolute atomic E-state index is 0.0712. The van der Waals surface area contributed by atoms with Crippen LogP contribution in [0.4, 0.5) is 4.79 Å². The number of esters is 1. The molecule has 0 spiro atoms. The molecule has 10 heteroatoms. The van der Waals surface area contributed by atoms with Crippen LogP contribution >= 0.6 is 0 Å². The molecule has 2 rings (SSSR count). The average Bonchev–Trinajstić information content (AvgIpc) is 3.23. The Labute approximate surface area is 236 Å². The molecule has 0 fully saturated rings. The van der Waals surface area contributed by atoms with E-state index in [9.17, 15) is 19.2 Å². The monoisotopic (exact) mass is 554 g/mol. The second-order valence-corrected chi connectivity index (χ2v) is 10.4. The minimum Gasteiger partial charge on any atom is -0.467 e. The summed E-state index contributed by atoms with van der Waals surface area (Å²) in [6, 6.07) is 5.97. The highest BCUT2D eigenvalue weighted by molar-refractivity contribution is 5.93. The van der Waals surface area contributed by atoms with Crippen LogP contribution in [-0.4, -0.2) is 59.8 Å². The van der Waals surface area contributed by atoms with E-state index in [2.05, 4.69) is 29.1 Å². The van der Waals surface area contributed by atoms with Gasteiger partial charge in [0.1, 0.15) is 17.7 Å². The molecule has 0 unspecified atom stereocenters. The van der Waals surface area contributed by atoms with Crippen LogP contribution in [0.2, 0.25) is 0 Å². The molecule has 0 saturated heterocycles. The zero-order valence-corrected chi connectivity index (χ0v) is 24.0. The third-order valence-electron chi connectivity index (χ3n) is 5.99. The fraction of sp³-hybridized carbons (Fsp3) is 0.467. The third-order valence-corrected chi connectivity index (χ3v) is 5.99. The Bertz CT molecular complexity index is 1200. The summed E-state index contributed by atoms with van der Waals surface area (Å²) in [5.74, 6) is -1.43. The van der Waals surface area contributed by atoms with Crippen LogP contribution in [-0.2, 0) is 36.8 Å². The van der Waals surface area contributed by atoms with Gasteiger partial charge in [-0.1, -0.05) is 30.4 Å². The van der Waals surface area contributed by atoms with E-state index in [-0.39, 0.29) is 18.7 Å². The Morgan fingerprint density at radius 2 is 1.75 bits per heavy atom. The van der Waals surface area contributed by atoms with Crippen molar-refractivity contribution in [3.8, 4) is 0 Å². The number of nitrogens with zero attached hydrogens (tertiary/aromatic N) is 1. The van der Waals surface area contributed by atoms with Gasteiger partial charge >= 0.3 is 12.1 Å². The lowest BCUT2D eigenvalue weighted by Crippen LogP contribution is -2.52. The second-order valence-electron chi connectivity index (χ2n) is 10.4. The Morgan fingerprint density at radius 1 is 1.02 bits per heavy atom. The Morgan fingerprint density at radius 3 is 2.40 bits per heavy atom. The lowest BCUT2D eigenvalue weighted by atomic mass is 10.1. The number of carbonyl (C=O) groups is 4. The van der Waals surface area contributed by atoms with Crippen LogP contribution in [0.5, 0.6) is 0 Å². The first-order valence-electron chi connectivity index (χ1n) is 13.4. The molecule has 0 aliphatic carbocycles. The van der Waals surface area contributed by atoms with E-state index in [4.69, 9.17) is 9.47 Å². The third kappa shape index (κ3) is 10.2. The van der Waals surface area contributed by atoms with E-state index in [1.807, 2.05) is 35.0 Å². The fourth-order valence-electron chi connectivity index (χ4n) is 4.21. The normalized spacial score (nSPS) is 12.6. The number of unbranched alkanes of at least 4 members (excludes halogenated alkanes) is 1. The van der Waals surface area contributed by atoms with Crippen molar-refractivity contribution in [2.24, 2.45) is 0 Å². The summed E-state index contributed by atoms with van der Waals surface area (Å²) in [5, 5.41) is 9.14. The van der Waals surface area contributed by atoms with Gasteiger partial charge in [-0.2, -0.15) is 0 Å². The first-order chi connectivity index (χ1) is 19.0. The van der Waals surface area contributed by atoms with E-state index in [1.54, 1.807) is 26.8 Å². The van der Waals surface area contributed by atoms with Gasteiger partial charge in [0.05, 0.1) is 13.5 Å². The molecule has 218 valence electrons. The molecule has 1 heterocycles. The number of allylic oxidation sites excluding steroid dienone is 1. The van der Waals surface area contributed by atoms with Crippen LogP contribution in [0.1, 0.15) is 52.0 Å². The fourth-order valence-corrected chi connectivity index (χ4v) is 4.21. The SMILES string of the molecule is C=CC[C@H](NC(=O)[C@H](CCCCNC(=O)OC(C)(C)C)NC(=O)Cc1cn(CC=C)c2ccccc12)C(=O)OC. The van der Waals surface area contributed by atoms with Gasteiger partial charge in [0.15, 0.2) is 0 Å². The number of hydrogen-bond donors (Lipinski definition) is 3. The number of alkyl carbamates (subject to hydrolysis) is 1. The van der Waals surface area contributed by atoms with Crippen molar-refractivity contribution < 1.29 is 28.7 Å². The molecule has 10 nitrogen and oxygen atoms in total. The molecule has 0 bridgehead atoms. The number of aromatic nitrogens is 1. The first kappa shape index (κ1) is 32.1. The van der Waals surface area contributed by atoms with Gasteiger partial charge in [0.2, 0.25) is 11.8 Å². The molecule has 0 aliphatic rings. The maximum Gasteiger partial charge on any atom is 0.407 e. The molecule has 0 aliphatic heterocycles. The number of amides is 3. The van der Waals surface area contributed by atoms with Crippen molar-refractivity contribution in [1.82, 2.24) is 20.5 Å². The first-order valence-corrected chi connectivity index (χ1v) is 13.4. The second kappa shape index (κ2) is 15.5. The van der Waals surface area contributed by atoms with E-state index < -0.39 is 35.7 Å². The maximum absolute atomic E-state index is 13.2. The number of ether oxygens (including phenoxy) is 2. The number of hydrogen-bond acceptors (Lipinski definition) is 6. The maximum atomic E-state index is 13.2. The summed E-state index contributed by atoms with van der Waals surface area (Å²) < 4.78 is 12.0. The summed E-state index contributed by atoms with van der Waals surface area (Å²) in [6.45, 7) is 13.7. The van der Waals surface area contributed by atoms with Gasteiger partial charge in [-0.25, -0.2) is 9.59 Å². The molecule has 1 aromatic heterocycles. The standard InChI is InChI=1S/C30H42N4O6/c1-7-13-24(28(37)39-6)33-27(36)23(15-11-12-17-31-29(38)40-30(3,4)5)32-26(35)19-21-20-34(18-8-2)25-16-10-9-14-22(21)25/h7-10,14,16,20,23-24H,1-2,11-13,15,17-19H2,3-6H3,(H,31,38)(H,32,35)(H,33,36)/t23-,24-/m0/s1. The number of rotatable bonds is 15. The summed E-state index contributed by atoms with van der Waals surface area (Å²) >= 11 is 0. The molecular formula is C30H42N4O6. The van der Waals surface area contributed by atoms with Crippen LogP contribution in [0.15, 0.2) is 55.8 Å². The van der Waals surface area contributed by atoms with Crippen molar-refractivity contribution in [3.05, 3.63) is 61.3 Å². The lowest BCUT2D eigenvalue weighted by Gasteiger charge is -2.22. The van der Waals surface area contributed by atoms with Crippen LogP contribution in [0, 0.1) is 0 Å². The van der Waals surface area contributed by atoms with E-state index in [1.165, 1.54) is 13.2 Å². The molecule has 2 atom stereocenters. The summed E-state index contributed by atoms with van der Waals surface area (Å²) in [4.78, 5) is 50.4. The van der Waals surface area contributed by atoms with E-state index in [0.29, 0.717) is 32.4 Å². The summed E-state index contributed by atoms with van der Waals surface area (Å²) in [5.41, 5.74) is 1.22. The number of nitrogens with one attached hydrogen (secondary N) is 3. The number of fused-ring (bicyclic) bond motifs is 1. The predicted molar refractivity (Wildman–Crippen MR) is 155 cm³/mol. The number of methoxy groups -OCH3 is 1. The molecule has 3 amide bonds. The van der Waals surface area contributed by atoms with E-state index >= 15 is 0 Å². The smallest absolute Gasteiger partial charge is 0.407 e. The van der Waals surface area contributed by atoms with Crippen molar-refractivity contribution in [3.63, 3.8) is 0 Å². The predicted octanol–water partition coefficient (Wildman–Crippen LogP) is 3.78. The topological polar surface area (TPSA) is 128 Å². The van der Waals surface area contributed by atoms with Crippen LogP contribution in [0.25, 0.3) is 10.9 Å². The Hall–Kier alpha value is -4.08. The molecular weight excluding hydrogens is 512 g/mol. The van der Waals surface area contributed by atoms with Crippen LogP contribution in [0.3, 0.4) is 0 Å². The van der Waals surface area contributed by atoms with Gasteiger partial charge in [-0.3, -0.25) is 9.59 Å². The highest BCUT2D eigenvalue weighted by Crippen LogP contribution is 2.22. The van der Waals surface area contributed by atoms with Gasteiger partial charge in [0.25, 0.3) is 0 Å². The van der Waals surface area contributed by atoms with Crippen LogP contribution < -0.4 is 16.0 Å². The zero-order valence-electron chi connectivity index (χ0n) is 24.0. The summed E-state index contributed by atoms with van der Waals surface area (Å²) in [6.07, 6.45) is 6.33. The van der Waals surface area contributed by atoms with E-state index in [0.717, 1.165) is 16.5 Å². The van der Waals surface area contributed by atoms with Crippen molar-refractivity contribution >= 4 is 34.8 Å². The quantitative estimate of drug-likeness (QED) is 0.175. The largest absolute Gasteiger partial charge is 0.467 e. The molecule has 2 aromatic rings. The molecule has 0 radical (unpaired) electrons. The molecule has 3 N–H and O–H groups in total. The van der Waals surface area contributed by atoms with Gasteiger partial charge in [-0.15, -0.1) is 13.2 Å². The number of carbonyl (C=O) groups excluding carboxylic acids is 4. The van der Waals surface area contributed by atoms with Gasteiger partial charge in [-0.05, 0) is 58.1 Å². The van der Waals surface area contributed by atoms with Gasteiger partial charge < -0.3 is 30.0 Å². The highest BCUT2D eigenvalue weighted by atomic mass is 16.6. The average molecular weight is 555 g/mol. The molecule has 0 saturated carbocycles. The Balaban J connectivity index is 2.10. The number of para-hydroxylation sites is 1. The lowest BCUT2D eigenvalue weighted by molar-refractivity contribution is -0.145. The Kier molecular flexibility index (Phi) is 12.4. The molecule has 40 heavy (non-hydrogen) atoms. The van der Waals surface area contributed by atoms with Crippen molar-refractivity contribution in [1.29, 1.82) is 0 Å². The zero-order chi connectivity index (χ0) is 29.7. The minimum atomic E-state index is -0.917. The van der Waals surface area contributed by atoms with Crippen molar-refractivity contribution in [2.75, 3.05) is 13.7 Å². The van der Waals surface area contributed by atoms with Crippen molar-refractivity contribution in [2.45, 2.75) is 77.1 Å². The summed E-state index contributed by atoms with van der Waals surface area (Å²) in [7, 11) is 1.24. The number of benzene rings is 1. The van der Waals surface area contributed by atoms with Gasteiger partial charge in [0, 0.05) is 30.2 Å².